The number of piperidine rings is 1. The molecule has 5 nitrogen and oxygen atoms in total. The number of esters is 1. The zero-order valence-electron chi connectivity index (χ0n) is 15.2. The molecule has 1 aromatic heterocycles. The van der Waals surface area contributed by atoms with E-state index in [1.165, 1.54) is 17.3 Å². The van der Waals surface area contributed by atoms with Crippen molar-refractivity contribution in [1.82, 2.24) is 9.88 Å². The van der Waals surface area contributed by atoms with Crippen LogP contribution in [0.1, 0.15) is 25.3 Å². The van der Waals surface area contributed by atoms with Gasteiger partial charge in [0.25, 0.3) is 0 Å². The highest BCUT2D eigenvalue weighted by atomic mass is 32.2. The number of pyridine rings is 1. The number of ether oxygens (including phenoxy) is 1. The number of thioether (sulfide) groups is 1. The fourth-order valence-electron chi connectivity index (χ4n) is 3.24. The molecule has 0 saturated carbocycles. The van der Waals surface area contributed by atoms with Gasteiger partial charge in [-0.2, -0.15) is 0 Å². The Balaban J connectivity index is 1.54. The summed E-state index contributed by atoms with van der Waals surface area (Å²) in [5.74, 6) is 0.265. The summed E-state index contributed by atoms with van der Waals surface area (Å²) in [5.41, 5.74) is 2.12. The van der Waals surface area contributed by atoms with Crippen LogP contribution in [-0.4, -0.2) is 47.2 Å². The fraction of sp³-hybridized carbons (Fsp3) is 0.450. The third-order valence-corrected chi connectivity index (χ3v) is 5.61. The summed E-state index contributed by atoms with van der Waals surface area (Å²) in [6.07, 6.45) is 1.37. The number of nitrogens with zero attached hydrogens (tertiary/aromatic N) is 2. The largest absolute Gasteiger partial charge is 0.466 e. The lowest BCUT2D eigenvalue weighted by atomic mass is 9.97. The maximum atomic E-state index is 12.5. The SMILES string of the molecule is CCOC(=O)C1CCN(C(=O)CSc2cc(C)c3ccccc3n2)CC1. The topological polar surface area (TPSA) is 59.5 Å². The van der Waals surface area contributed by atoms with Gasteiger partial charge in [0.2, 0.25) is 5.91 Å². The molecule has 2 heterocycles. The minimum absolute atomic E-state index is 0.0727. The first-order chi connectivity index (χ1) is 12.6. The number of hydrogen-bond donors (Lipinski definition) is 0. The van der Waals surface area contributed by atoms with E-state index in [2.05, 4.69) is 18.0 Å². The Hall–Kier alpha value is -2.08. The number of fused-ring (bicyclic) bond motifs is 1. The molecule has 138 valence electrons. The van der Waals surface area contributed by atoms with E-state index in [1.807, 2.05) is 36.1 Å². The molecule has 0 radical (unpaired) electrons. The third kappa shape index (κ3) is 4.36. The normalized spacial score (nSPS) is 15.2. The smallest absolute Gasteiger partial charge is 0.309 e. The molecule has 0 bridgehead atoms. The third-order valence-electron chi connectivity index (χ3n) is 4.71. The number of likely N-dealkylation sites (tertiary alicyclic amines) is 1. The second kappa shape index (κ2) is 8.54. The molecule has 1 amide bonds. The lowest BCUT2D eigenvalue weighted by Crippen LogP contribution is -2.41. The molecule has 1 fully saturated rings. The Labute approximate surface area is 158 Å². The molecule has 3 rings (SSSR count). The van der Waals surface area contributed by atoms with Crippen LogP contribution in [0.15, 0.2) is 35.4 Å². The van der Waals surface area contributed by atoms with Crippen molar-refractivity contribution >= 4 is 34.5 Å². The van der Waals surface area contributed by atoms with Crippen LogP contribution in [-0.2, 0) is 14.3 Å². The summed E-state index contributed by atoms with van der Waals surface area (Å²) in [6.45, 7) is 5.53. The number of carbonyl (C=O) groups excluding carboxylic acids is 2. The maximum Gasteiger partial charge on any atom is 0.309 e. The molecule has 0 N–H and O–H groups in total. The molecule has 0 spiro atoms. The van der Waals surface area contributed by atoms with Gasteiger partial charge >= 0.3 is 5.97 Å². The van der Waals surface area contributed by atoms with Crippen molar-refractivity contribution in [3.63, 3.8) is 0 Å². The van der Waals surface area contributed by atoms with Gasteiger partial charge < -0.3 is 9.64 Å². The second-order valence-electron chi connectivity index (χ2n) is 6.49. The predicted molar refractivity (Wildman–Crippen MR) is 103 cm³/mol. The van der Waals surface area contributed by atoms with E-state index in [4.69, 9.17) is 4.74 Å². The van der Waals surface area contributed by atoms with Crippen LogP contribution in [0.2, 0.25) is 0 Å². The van der Waals surface area contributed by atoms with Crippen LogP contribution in [0.4, 0.5) is 0 Å². The molecule has 0 atom stereocenters. The van der Waals surface area contributed by atoms with Crippen molar-refractivity contribution in [2.45, 2.75) is 31.7 Å². The molecule has 0 aliphatic carbocycles. The maximum absolute atomic E-state index is 12.5. The summed E-state index contributed by atoms with van der Waals surface area (Å²) in [5, 5.41) is 2.01. The van der Waals surface area contributed by atoms with E-state index in [0.717, 1.165) is 15.9 Å². The Morgan fingerprint density at radius 2 is 2.00 bits per heavy atom. The van der Waals surface area contributed by atoms with E-state index >= 15 is 0 Å². The van der Waals surface area contributed by atoms with Crippen LogP contribution < -0.4 is 0 Å². The standard InChI is InChI=1S/C20H24N2O3S/c1-3-25-20(24)15-8-10-22(11-9-15)19(23)13-26-18-12-14(2)16-6-4-5-7-17(16)21-18/h4-7,12,15H,3,8-11,13H2,1-2H3. The molecule has 1 aromatic carbocycles. The molecular formula is C20H24N2O3S. The van der Waals surface area contributed by atoms with E-state index in [0.29, 0.717) is 38.3 Å². The number of benzene rings is 1. The number of para-hydroxylation sites is 1. The second-order valence-corrected chi connectivity index (χ2v) is 7.49. The number of aryl methyl sites for hydroxylation is 1. The van der Waals surface area contributed by atoms with Gasteiger partial charge in [-0.1, -0.05) is 30.0 Å². The zero-order valence-corrected chi connectivity index (χ0v) is 16.1. The Bertz CT molecular complexity index is 801. The van der Waals surface area contributed by atoms with E-state index in [-0.39, 0.29) is 17.8 Å². The molecule has 2 aromatic rings. The van der Waals surface area contributed by atoms with Crippen molar-refractivity contribution in [1.29, 1.82) is 0 Å². The van der Waals surface area contributed by atoms with Gasteiger partial charge in [0.15, 0.2) is 0 Å². The van der Waals surface area contributed by atoms with Gasteiger partial charge in [-0.25, -0.2) is 4.98 Å². The van der Waals surface area contributed by atoms with E-state index < -0.39 is 0 Å². The number of rotatable bonds is 5. The average molecular weight is 372 g/mol. The van der Waals surface area contributed by atoms with Crippen molar-refractivity contribution < 1.29 is 14.3 Å². The highest BCUT2D eigenvalue weighted by Crippen LogP contribution is 2.25. The van der Waals surface area contributed by atoms with Crippen LogP contribution in [0.3, 0.4) is 0 Å². The van der Waals surface area contributed by atoms with Crippen LogP contribution in [0, 0.1) is 12.8 Å². The summed E-state index contributed by atoms with van der Waals surface area (Å²) in [6, 6.07) is 10.1. The van der Waals surface area contributed by atoms with E-state index in [1.54, 1.807) is 0 Å². The van der Waals surface area contributed by atoms with Crippen molar-refractivity contribution in [2.75, 3.05) is 25.4 Å². The van der Waals surface area contributed by atoms with Crippen LogP contribution in [0.25, 0.3) is 10.9 Å². The monoisotopic (exact) mass is 372 g/mol. The van der Waals surface area contributed by atoms with Crippen molar-refractivity contribution in [3.8, 4) is 0 Å². The quantitative estimate of drug-likeness (QED) is 0.594. The Kier molecular flexibility index (Phi) is 6.14. The fourth-order valence-corrected chi connectivity index (χ4v) is 4.12. The Morgan fingerprint density at radius 1 is 1.27 bits per heavy atom. The zero-order chi connectivity index (χ0) is 18.5. The average Bonchev–Trinajstić information content (AvgIpc) is 2.66. The lowest BCUT2D eigenvalue weighted by molar-refractivity contribution is -0.151. The Morgan fingerprint density at radius 3 is 2.73 bits per heavy atom. The number of amides is 1. The van der Waals surface area contributed by atoms with Gasteiger partial charge in [-0.05, 0) is 44.4 Å². The molecule has 26 heavy (non-hydrogen) atoms. The molecule has 1 saturated heterocycles. The highest BCUT2D eigenvalue weighted by molar-refractivity contribution is 7.99. The first-order valence-corrected chi connectivity index (χ1v) is 10.0. The summed E-state index contributed by atoms with van der Waals surface area (Å²) in [4.78, 5) is 30.8. The predicted octanol–water partition coefficient (Wildman–Crippen LogP) is 3.44. The number of aromatic nitrogens is 1. The first kappa shape index (κ1) is 18.7. The van der Waals surface area contributed by atoms with Gasteiger partial charge in [-0.15, -0.1) is 0 Å². The molecular weight excluding hydrogens is 348 g/mol. The molecule has 0 unspecified atom stereocenters. The van der Waals surface area contributed by atoms with Gasteiger partial charge in [-0.3, -0.25) is 9.59 Å². The minimum Gasteiger partial charge on any atom is -0.466 e. The van der Waals surface area contributed by atoms with Crippen LogP contribution in [0.5, 0.6) is 0 Å². The van der Waals surface area contributed by atoms with Gasteiger partial charge in [0.1, 0.15) is 0 Å². The van der Waals surface area contributed by atoms with Gasteiger partial charge in [0, 0.05) is 18.5 Å². The summed E-state index contributed by atoms with van der Waals surface area (Å²) < 4.78 is 5.07. The summed E-state index contributed by atoms with van der Waals surface area (Å²) in [7, 11) is 0. The van der Waals surface area contributed by atoms with Gasteiger partial charge in [0.05, 0.1) is 28.8 Å². The minimum atomic E-state index is -0.134. The van der Waals surface area contributed by atoms with Crippen molar-refractivity contribution in [3.05, 3.63) is 35.9 Å². The molecule has 1 aliphatic heterocycles. The molecule has 1 aliphatic rings. The lowest BCUT2D eigenvalue weighted by Gasteiger charge is -2.30. The van der Waals surface area contributed by atoms with Crippen molar-refractivity contribution in [2.24, 2.45) is 5.92 Å². The summed E-state index contributed by atoms with van der Waals surface area (Å²) >= 11 is 1.47. The number of hydrogen-bond acceptors (Lipinski definition) is 5. The van der Waals surface area contributed by atoms with Crippen LogP contribution >= 0.6 is 11.8 Å². The highest BCUT2D eigenvalue weighted by Gasteiger charge is 2.28. The number of carbonyl (C=O) groups is 2. The van der Waals surface area contributed by atoms with E-state index in [9.17, 15) is 9.59 Å². The molecule has 6 heteroatoms. The first-order valence-electron chi connectivity index (χ1n) is 9.02.